The molecule has 0 bridgehead atoms. The molecular formula is C22H25F2N5O2S. The average Bonchev–Trinajstić information content (AvgIpc) is 3.34. The number of nitrogens with two attached hydrogens (primary N) is 1. The van der Waals surface area contributed by atoms with Crippen LogP contribution in [0.5, 0.6) is 5.75 Å². The number of carbonyl (C=O) groups is 1. The molecule has 2 aliphatic rings. The predicted octanol–water partition coefficient (Wildman–Crippen LogP) is 3.05. The van der Waals surface area contributed by atoms with Gasteiger partial charge in [0.05, 0.1) is 6.61 Å². The number of fused-ring (bicyclic) bond motifs is 1. The van der Waals surface area contributed by atoms with E-state index < -0.39 is 11.6 Å². The molecule has 0 saturated heterocycles. The Morgan fingerprint density at radius 2 is 2.16 bits per heavy atom. The van der Waals surface area contributed by atoms with Crippen LogP contribution in [0, 0.1) is 24.0 Å². The zero-order valence-corrected chi connectivity index (χ0v) is 18.7. The lowest BCUT2D eigenvalue weighted by Gasteiger charge is -2.26. The van der Waals surface area contributed by atoms with Crippen molar-refractivity contribution < 1.29 is 18.3 Å². The molecule has 0 fully saturated rings. The van der Waals surface area contributed by atoms with Gasteiger partial charge in [0.25, 0.3) is 5.91 Å². The summed E-state index contributed by atoms with van der Waals surface area (Å²) >= 11 is 1.51. The Kier molecular flexibility index (Phi) is 6.25. The van der Waals surface area contributed by atoms with E-state index in [-0.39, 0.29) is 18.0 Å². The summed E-state index contributed by atoms with van der Waals surface area (Å²) in [5.74, 6) is -1.97. The molecule has 0 atom stereocenters. The van der Waals surface area contributed by atoms with Gasteiger partial charge < -0.3 is 25.8 Å². The molecule has 1 amide bonds. The van der Waals surface area contributed by atoms with Crippen LogP contribution in [0.3, 0.4) is 0 Å². The summed E-state index contributed by atoms with van der Waals surface area (Å²) in [4.78, 5) is 13.8. The van der Waals surface area contributed by atoms with Crippen LogP contribution in [0.2, 0.25) is 0 Å². The fourth-order valence-electron chi connectivity index (χ4n) is 3.91. The van der Waals surface area contributed by atoms with Gasteiger partial charge >= 0.3 is 0 Å². The first-order chi connectivity index (χ1) is 15.3. The second kappa shape index (κ2) is 8.95. The lowest BCUT2D eigenvalue weighted by Crippen LogP contribution is -2.29. The zero-order chi connectivity index (χ0) is 23.0. The highest BCUT2D eigenvalue weighted by atomic mass is 32.2. The summed E-state index contributed by atoms with van der Waals surface area (Å²) in [6.07, 6.45) is 2.45. The summed E-state index contributed by atoms with van der Waals surface area (Å²) in [5.41, 5.74) is 9.55. The second-order valence-electron chi connectivity index (χ2n) is 7.85. The maximum Gasteiger partial charge on any atom is 0.268 e. The third-order valence-electron chi connectivity index (χ3n) is 5.94. The van der Waals surface area contributed by atoms with Gasteiger partial charge in [-0.25, -0.2) is 13.1 Å². The van der Waals surface area contributed by atoms with Crippen LogP contribution in [0.25, 0.3) is 0 Å². The number of rotatable bonds is 6. The van der Waals surface area contributed by atoms with Gasteiger partial charge in [-0.3, -0.25) is 4.79 Å². The van der Waals surface area contributed by atoms with Crippen molar-refractivity contribution in [1.82, 2.24) is 14.2 Å². The number of hydrogen-bond donors (Lipinski definition) is 3. The smallest absolute Gasteiger partial charge is 0.268 e. The number of hydrogen-bond acceptors (Lipinski definition) is 6. The maximum absolute atomic E-state index is 14.4. The number of amides is 1. The van der Waals surface area contributed by atoms with Crippen molar-refractivity contribution in [3.8, 4) is 5.75 Å². The summed E-state index contributed by atoms with van der Waals surface area (Å²) in [6.45, 7) is 3.46. The number of benzene rings is 1. The van der Waals surface area contributed by atoms with Gasteiger partial charge in [0, 0.05) is 84.8 Å². The fraction of sp³-hybridized carbons (Fsp3) is 0.364. The summed E-state index contributed by atoms with van der Waals surface area (Å²) in [6, 6.07) is 2.84. The van der Waals surface area contributed by atoms with Crippen LogP contribution in [-0.4, -0.2) is 40.7 Å². The third kappa shape index (κ3) is 4.12. The number of aromatic nitrogens is 1. The van der Waals surface area contributed by atoms with Crippen molar-refractivity contribution in [2.75, 3.05) is 19.7 Å². The van der Waals surface area contributed by atoms with E-state index in [2.05, 4.69) is 9.62 Å². The summed E-state index contributed by atoms with van der Waals surface area (Å²) in [5, 5.41) is 10.2. The third-order valence-corrected chi connectivity index (χ3v) is 7.12. The molecule has 10 heteroatoms. The van der Waals surface area contributed by atoms with Gasteiger partial charge in [-0.15, -0.1) is 0 Å². The van der Waals surface area contributed by atoms with Crippen molar-refractivity contribution in [1.29, 1.82) is 5.41 Å². The van der Waals surface area contributed by atoms with E-state index in [1.54, 1.807) is 17.7 Å². The first kappa shape index (κ1) is 22.3. The molecule has 0 saturated carbocycles. The number of ether oxygens (including phenoxy) is 1. The zero-order valence-electron chi connectivity index (χ0n) is 17.9. The van der Waals surface area contributed by atoms with Crippen LogP contribution in [0.15, 0.2) is 28.3 Å². The number of carbonyl (C=O) groups excluding carboxylic acids is 1. The first-order valence-corrected chi connectivity index (χ1v) is 11.1. The minimum Gasteiger partial charge on any atom is -0.493 e. The Hall–Kier alpha value is -2.85. The lowest BCUT2D eigenvalue weighted by atomic mass is 10.0. The van der Waals surface area contributed by atoms with Crippen LogP contribution in [-0.2, 0) is 20.0 Å². The van der Waals surface area contributed by atoms with Crippen LogP contribution in [0.4, 0.5) is 8.78 Å². The normalized spacial score (nSPS) is 16.1. The van der Waals surface area contributed by atoms with Crippen molar-refractivity contribution in [2.24, 2.45) is 12.8 Å². The molecule has 0 aliphatic carbocycles. The molecule has 1 aromatic carbocycles. The van der Waals surface area contributed by atoms with E-state index in [9.17, 15) is 13.6 Å². The molecular weight excluding hydrogens is 436 g/mol. The lowest BCUT2D eigenvalue weighted by molar-refractivity contribution is 0.0942. The quantitative estimate of drug-likeness (QED) is 0.454. The van der Waals surface area contributed by atoms with E-state index >= 15 is 0 Å². The molecule has 4 N–H and O–H groups in total. The Morgan fingerprint density at radius 1 is 1.38 bits per heavy atom. The highest BCUT2D eigenvalue weighted by Crippen LogP contribution is 2.33. The van der Waals surface area contributed by atoms with Crippen LogP contribution in [0.1, 0.15) is 33.7 Å². The minimum atomic E-state index is -0.983. The van der Waals surface area contributed by atoms with Crippen molar-refractivity contribution in [3.63, 3.8) is 0 Å². The van der Waals surface area contributed by atoms with E-state index in [0.717, 1.165) is 34.5 Å². The first-order valence-electron chi connectivity index (χ1n) is 10.3. The molecule has 2 aliphatic heterocycles. The summed E-state index contributed by atoms with van der Waals surface area (Å²) in [7, 11) is 1.79. The predicted molar refractivity (Wildman–Crippen MR) is 119 cm³/mol. The maximum atomic E-state index is 14.4. The molecule has 3 heterocycles. The Labute approximate surface area is 189 Å². The van der Waals surface area contributed by atoms with E-state index in [1.807, 2.05) is 6.92 Å². The van der Waals surface area contributed by atoms with Gasteiger partial charge in [-0.2, -0.15) is 0 Å². The molecule has 0 unspecified atom stereocenters. The molecule has 1 aromatic heterocycles. The monoisotopic (exact) mass is 461 g/mol. The highest BCUT2D eigenvalue weighted by molar-refractivity contribution is 7.97. The van der Waals surface area contributed by atoms with Gasteiger partial charge in [0.15, 0.2) is 11.6 Å². The number of nitrogens with zero attached hydrogens (tertiary/aromatic N) is 2. The molecule has 32 heavy (non-hydrogen) atoms. The number of nitrogens with one attached hydrogen (secondary N) is 2. The molecule has 0 radical (unpaired) electrons. The van der Waals surface area contributed by atoms with Crippen molar-refractivity contribution in [2.45, 2.75) is 31.2 Å². The van der Waals surface area contributed by atoms with Gasteiger partial charge in [-0.1, -0.05) is 0 Å². The van der Waals surface area contributed by atoms with Crippen molar-refractivity contribution >= 4 is 24.1 Å². The standard InChI is InChI=1S/C22H25F2N5O2S/c1-12-20(32-29-5-3-17(26)13(9-25)11-29)8-18(28(12)2)22(30)27-10-15-14-4-6-31-19(14)7-16(23)21(15)24/h7-9,25H,3-6,10-11,26H2,1-2H3,(H,27,30). The van der Waals surface area contributed by atoms with E-state index in [1.165, 1.54) is 18.2 Å². The largest absolute Gasteiger partial charge is 0.493 e. The topological polar surface area (TPSA) is 96.4 Å². The van der Waals surface area contributed by atoms with E-state index in [0.29, 0.717) is 43.0 Å². The summed E-state index contributed by atoms with van der Waals surface area (Å²) < 4.78 is 37.5. The van der Waals surface area contributed by atoms with Gasteiger partial charge in [-0.05, 0) is 24.9 Å². The van der Waals surface area contributed by atoms with Crippen LogP contribution < -0.4 is 15.8 Å². The molecule has 2 aromatic rings. The second-order valence-corrected chi connectivity index (χ2v) is 8.99. The average molecular weight is 462 g/mol. The molecule has 170 valence electrons. The molecule has 7 nitrogen and oxygen atoms in total. The Morgan fingerprint density at radius 3 is 2.91 bits per heavy atom. The van der Waals surface area contributed by atoms with Crippen molar-refractivity contribution in [3.05, 3.63) is 57.6 Å². The van der Waals surface area contributed by atoms with Crippen LogP contribution >= 0.6 is 11.9 Å². The highest BCUT2D eigenvalue weighted by Gasteiger charge is 2.25. The Bertz CT molecular complexity index is 1130. The minimum absolute atomic E-state index is 0.125. The fourth-order valence-corrected chi connectivity index (χ4v) is 5.01. The molecule has 4 rings (SSSR count). The van der Waals surface area contributed by atoms with Gasteiger partial charge in [0.1, 0.15) is 11.4 Å². The number of halogens is 2. The Balaban J connectivity index is 1.48. The van der Waals surface area contributed by atoms with E-state index in [4.69, 9.17) is 15.9 Å². The van der Waals surface area contributed by atoms with Gasteiger partial charge in [0.2, 0.25) is 0 Å². The molecule has 0 spiro atoms. The SMILES string of the molecule is Cc1c(SN2CCC(N)=C(C=N)C2)cc(C(=O)NCc2c(F)c(F)cc3c2CCO3)n1C.